The van der Waals surface area contributed by atoms with E-state index in [2.05, 4.69) is 20.0 Å². The number of hydrogen-bond acceptors (Lipinski definition) is 7. The van der Waals surface area contributed by atoms with E-state index in [1.807, 2.05) is 36.9 Å². The van der Waals surface area contributed by atoms with Gasteiger partial charge in [0.25, 0.3) is 15.9 Å². The van der Waals surface area contributed by atoms with Crippen LogP contribution >= 0.6 is 0 Å². The highest BCUT2D eigenvalue weighted by Crippen LogP contribution is 2.60. The van der Waals surface area contributed by atoms with Crippen molar-refractivity contribution in [2.24, 2.45) is 5.41 Å². The number of hydrogen-bond donors (Lipinski definition) is 2. The predicted molar refractivity (Wildman–Crippen MR) is 153 cm³/mol. The third-order valence-corrected chi connectivity index (χ3v) is 9.98. The number of amides is 1. The number of sulfonamides is 1. The number of benzene rings is 2. The van der Waals surface area contributed by atoms with Gasteiger partial charge in [0.15, 0.2) is 0 Å². The third-order valence-electron chi connectivity index (χ3n) is 8.66. The molecule has 0 spiro atoms. The van der Waals surface area contributed by atoms with Gasteiger partial charge in [-0.3, -0.25) is 4.79 Å². The quantitative estimate of drug-likeness (QED) is 0.431. The lowest BCUT2D eigenvalue weighted by molar-refractivity contribution is -0.190. The average Bonchev–Trinajstić information content (AvgIpc) is 3.74. The van der Waals surface area contributed by atoms with Gasteiger partial charge in [-0.15, -0.1) is 0 Å². The summed E-state index contributed by atoms with van der Waals surface area (Å²) in [5, 5.41) is 2.95. The van der Waals surface area contributed by atoms with E-state index in [1.165, 1.54) is 24.3 Å². The SMILES string of the molecule is Cc1cccc(C)c1-c1cc2nc(n1)NS(=O)(=O)c1cccc(c1)C(=O)N[C@@H]1CN(CCC3(C(F)(F)F)CC3)CC[C@H]1O2. The molecule has 43 heavy (non-hydrogen) atoms. The molecule has 6 rings (SSSR count). The lowest BCUT2D eigenvalue weighted by Crippen LogP contribution is -2.57. The molecule has 1 saturated carbocycles. The molecular formula is C30H32F3N5O4S. The Balaban J connectivity index is 1.37. The average molecular weight is 616 g/mol. The fourth-order valence-corrected chi connectivity index (χ4v) is 6.94. The molecule has 3 aromatic rings. The van der Waals surface area contributed by atoms with Crippen molar-refractivity contribution in [2.75, 3.05) is 24.4 Å². The van der Waals surface area contributed by atoms with Crippen LogP contribution in [0.2, 0.25) is 0 Å². The van der Waals surface area contributed by atoms with Gasteiger partial charge in [0, 0.05) is 30.3 Å². The molecule has 3 aliphatic rings. The fourth-order valence-electron chi connectivity index (χ4n) is 5.95. The number of likely N-dealkylation sites (tertiary alicyclic amines) is 1. The second-order valence-electron chi connectivity index (χ2n) is 11.7. The minimum atomic E-state index is -4.23. The minimum Gasteiger partial charge on any atom is -0.472 e. The van der Waals surface area contributed by atoms with Crippen LogP contribution < -0.4 is 14.8 Å². The van der Waals surface area contributed by atoms with Crippen LogP contribution in [0.25, 0.3) is 11.3 Å². The van der Waals surface area contributed by atoms with Crippen molar-refractivity contribution in [1.29, 1.82) is 0 Å². The van der Waals surface area contributed by atoms with Crippen molar-refractivity contribution in [3.63, 3.8) is 0 Å². The number of aromatic nitrogens is 2. The van der Waals surface area contributed by atoms with Crippen molar-refractivity contribution in [3.05, 3.63) is 65.2 Å². The van der Waals surface area contributed by atoms with Crippen molar-refractivity contribution in [1.82, 2.24) is 20.2 Å². The number of alkyl halides is 3. The Morgan fingerprint density at radius 2 is 1.79 bits per heavy atom. The molecule has 0 radical (unpaired) electrons. The van der Waals surface area contributed by atoms with Crippen molar-refractivity contribution >= 4 is 21.9 Å². The molecular weight excluding hydrogens is 583 g/mol. The van der Waals surface area contributed by atoms with E-state index in [1.54, 1.807) is 6.07 Å². The van der Waals surface area contributed by atoms with Crippen molar-refractivity contribution in [3.8, 4) is 17.1 Å². The van der Waals surface area contributed by atoms with Gasteiger partial charge >= 0.3 is 6.18 Å². The first-order valence-electron chi connectivity index (χ1n) is 14.2. The van der Waals surface area contributed by atoms with Crippen LogP contribution in [0.5, 0.6) is 5.88 Å². The maximum absolute atomic E-state index is 13.6. The third kappa shape index (κ3) is 5.92. The number of halogens is 3. The van der Waals surface area contributed by atoms with E-state index in [9.17, 15) is 26.4 Å². The summed E-state index contributed by atoms with van der Waals surface area (Å²) >= 11 is 0. The highest BCUT2D eigenvalue weighted by molar-refractivity contribution is 7.92. The first kappa shape index (κ1) is 29.4. The summed E-state index contributed by atoms with van der Waals surface area (Å²) in [6.07, 6.45) is -4.11. The number of carbonyl (C=O) groups is 1. The van der Waals surface area contributed by atoms with Crippen molar-refractivity contribution < 1.29 is 31.1 Å². The standard InChI is InChI=1S/C30H32F3N5O4S/c1-18-5-3-6-19(2)26(18)22-16-25-36-28(35-22)37-43(40,41)21-8-4-7-20(15-21)27(39)34-23-17-38(13-9-24(23)42-25)14-12-29(10-11-29)30(31,32)33/h3-8,15-16,23-24H,9-14,17H2,1-2H3,(H,34,39)(H,35,36,37)/t23-,24-/m1/s1. The predicted octanol–water partition coefficient (Wildman–Crippen LogP) is 4.86. The van der Waals surface area contributed by atoms with Gasteiger partial charge in [0.05, 0.1) is 22.0 Å². The van der Waals surface area contributed by atoms with Crippen LogP contribution in [-0.4, -0.2) is 67.1 Å². The molecule has 0 unspecified atom stereocenters. The summed E-state index contributed by atoms with van der Waals surface area (Å²) in [5.41, 5.74) is 1.62. The van der Waals surface area contributed by atoms with Gasteiger partial charge < -0.3 is 15.0 Å². The van der Waals surface area contributed by atoms with Gasteiger partial charge in [0.2, 0.25) is 11.8 Å². The molecule has 1 aromatic heterocycles. The van der Waals surface area contributed by atoms with Gasteiger partial charge in [-0.2, -0.15) is 18.2 Å². The summed E-state index contributed by atoms with van der Waals surface area (Å²) in [7, 11) is -4.17. The normalized spacial score (nSPS) is 22.9. The number of aryl methyl sites for hydroxylation is 2. The Morgan fingerprint density at radius 1 is 1.07 bits per heavy atom. The maximum Gasteiger partial charge on any atom is 0.394 e. The van der Waals surface area contributed by atoms with Gasteiger partial charge in [0.1, 0.15) is 6.10 Å². The molecule has 2 aromatic carbocycles. The molecule has 4 bridgehead atoms. The van der Waals surface area contributed by atoms with Crippen LogP contribution in [0.15, 0.2) is 53.4 Å². The number of ether oxygens (including phenoxy) is 1. The van der Waals surface area contributed by atoms with E-state index < -0.39 is 39.7 Å². The zero-order valence-corrected chi connectivity index (χ0v) is 24.6. The first-order valence-corrected chi connectivity index (χ1v) is 15.7. The molecule has 13 heteroatoms. The second kappa shape index (κ2) is 10.8. The topological polar surface area (TPSA) is 114 Å². The fraction of sp³-hybridized carbons (Fsp3) is 0.433. The number of anilines is 1. The van der Waals surface area contributed by atoms with E-state index in [-0.39, 0.29) is 54.6 Å². The highest BCUT2D eigenvalue weighted by atomic mass is 32.2. The number of nitrogens with one attached hydrogen (secondary N) is 2. The summed E-state index contributed by atoms with van der Waals surface area (Å²) in [4.78, 5) is 24.0. The number of carbonyl (C=O) groups excluding carboxylic acids is 1. The van der Waals surface area contributed by atoms with Crippen LogP contribution in [0, 0.1) is 19.3 Å². The Hall–Kier alpha value is -3.71. The summed E-state index contributed by atoms with van der Waals surface area (Å²) in [5.74, 6) is -0.585. The van der Waals surface area contributed by atoms with Crippen LogP contribution in [0.4, 0.5) is 19.1 Å². The van der Waals surface area contributed by atoms with Crippen LogP contribution in [0.1, 0.15) is 47.2 Å². The molecule has 1 aliphatic carbocycles. The maximum atomic E-state index is 13.6. The van der Waals surface area contributed by atoms with E-state index in [0.717, 1.165) is 16.7 Å². The molecule has 228 valence electrons. The molecule has 2 aliphatic heterocycles. The molecule has 3 heterocycles. The minimum absolute atomic E-state index is 0.00265. The molecule has 1 saturated heterocycles. The Morgan fingerprint density at radius 3 is 2.49 bits per heavy atom. The second-order valence-corrected chi connectivity index (χ2v) is 13.4. The van der Waals surface area contributed by atoms with Crippen LogP contribution in [0.3, 0.4) is 0 Å². The van der Waals surface area contributed by atoms with Gasteiger partial charge in [-0.25, -0.2) is 18.1 Å². The highest BCUT2D eigenvalue weighted by Gasteiger charge is 2.62. The Kier molecular flexibility index (Phi) is 7.36. The van der Waals surface area contributed by atoms with Gasteiger partial charge in [-0.05, 0) is 75.4 Å². The van der Waals surface area contributed by atoms with E-state index >= 15 is 0 Å². The first-order chi connectivity index (χ1) is 20.3. The zero-order valence-electron chi connectivity index (χ0n) is 23.7. The summed E-state index contributed by atoms with van der Waals surface area (Å²) < 4.78 is 76.1. The Bertz CT molecular complexity index is 1660. The Labute approximate surface area is 247 Å². The molecule has 2 atom stereocenters. The molecule has 9 nitrogen and oxygen atoms in total. The lowest BCUT2D eigenvalue weighted by atomic mass is 9.97. The molecule has 1 amide bonds. The van der Waals surface area contributed by atoms with Gasteiger partial charge in [-0.1, -0.05) is 24.3 Å². The largest absolute Gasteiger partial charge is 0.472 e. The molecule has 2 N–H and O–H groups in total. The zero-order chi connectivity index (χ0) is 30.6. The van der Waals surface area contributed by atoms with Crippen molar-refractivity contribution in [2.45, 2.75) is 62.7 Å². The number of rotatable bonds is 4. The lowest BCUT2D eigenvalue weighted by Gasteiger charge is -2.39. The summed E-state index contributed by atoms with van der Waals surface area (Å²) in [6.45, 7) is 4.82. The number of fused-ring (bicyclic) bond motifs is 5. The van der Waals surface area contributed by atoms with E-state index in [4.69, 9.17) is 4.74 Å². The number of nitrogens with zero attached hydrogens (tertiary/aromatic N) is 3. The smallest absolute Gasteiger partial charge is 0.394 e. The van der Waals surface area contributed by atoms with E-state index in [0.29, 0.717) is 18.7 Å². The molecule has 2 fully saturated rings. The monoisotopic (exact) mass is 615 g/mol. The summed E-state index contributed by atoms with van der Waals surface area (Å²) in [6, 6.07) is 12.4. The number of piperidine rings is 1. The van der Waals surface area contributed by atoms with Crippen LogP contribution in [-0.2, 0) is 10.0 Å².